The topological polar surface area (TPSA) is 116 Å². The fourth-order valence-electron chi connectivity index (χ4n) is 1.39. The summed E-state index contributed by atoms with van der Waals surface area (Å²) in [6, 6.07) is -1.35. The van der Waals surface area contributed by atoms with Crippen LogP contribution in [0.15, 0.2) is 0 Å². The minimum Gasteiger partial charge on any atom is -0.480 e. The number of nitrogens with two attached hydrogens (primary N) is 1. The van der Waals surface area contributed by atoms with Gasteiger partial charge < -0.3 is 20.3 Å². The van der Waals surface area contributed by atoms with Gasteiger partial charge in [-0.3, -0.25) is 14.4 Å². The SMILES string of the molecule is CC(C)(C)OC(=O)C(C[C@@H](N)C(=O)O)C(=O)OC(C)(C)C. The van der Waals surface area contributed by atoms with Gasteiger partial charge in [0.05, 0.1) is 0 Å². The molecule has 0 aromatic carbocycles. The molecule has 0 aromatic rings. The quantitative estimate of drug-likeness (QED) is 0.576. The molecule has 0 unspecified atom stereocenters. The number of aliphatic carboxylic acids is 1. The van der Waals surface area contributed by atoms with Crippen LogP contribution >= 0.6 is 0 Å². The fourth-order valence-corrected chi connectivity index (χ4v) is 1.39. The lowest BCUT2D eigenvalue weighted by molar-refractivity contribution is -0.175. The van der Waals surface area contributed by atoms with E-state index in [1.165, 1.54) is 0 Å². The first-order valence-electron chi connectivity index (χ1n) is 6.67. The molecular formula is C14H25NO6. The van der Waals surface area contributed by atoms with Crippen molar-refractivity contribution in [3.63, 3.8) is 0 Å². The Morgan fingerprint density at radius 1 is 0.952 bits per heavy atom. The lowest BCUT2D eigenvalue weighted by Crippen LogP contribution is -2.42. The normalized spacial score (nSPS) is 13.7. The van der Waals surface area contributed by atoms with Crippen LogP contribution in [0.3, 0.4) is 0 Å². The smallest absolute Gasteiger partial charge is 0.320 e. The van der Waals surface area contributed by atoms with Gasteiger partial charge in [-0.05, 0) is 48.0 Å². The number of carboxylic acids is 1. The molecule has 0 heterocycles. The van der Waals surface area contributed by atoms with Gasteiger partial charge in [0, 0.05) is 0 Å². The molecular weight excluding hydrogens is 278 g/mol. The molecule has 0 aliphatic heterocycles. The zero-order valence-corrected chi connectivity index (χ0v) is 13.4. The van der Waals surface area contributed by atoms with Crippen LogP contribution in [0.2, 0.25) is 0 Å². The predicted octanol–water partition coefficient (Wildman–Crippen LogP) is 1.09. The highest BCUT2D eigenvalue weighted by atomic mass is 16.6. The summed E-state index contributed by atoms with van der Waals surface area (Å²) in [6.07, 6.45) is -0.376. The van der Waals surface area contributed by atoms with Crippen molar-refractivity contribution in [3.05, 3.63) is 0 Å². The fraction of sp³-hybridized carbons (Fsp3) is 0.786. The molecule has 0 saturated carbocycles. The second-order valence-electron chi connectivity index (χ2n) is 6.80. The zero-order valence-electron chi connectivity index (χ0n) is 13.4. The number of hydrogen-bond donors (Lipinski definition) is 2. The largest absolute Gasteiger partial charge is 0.480 e. The third kappa shape index (κ3) is 8.29. The van der Waals surface area contributed by atoms with Crippen molar-refractivity contribution in [1.29, 1.82) is 0 Å². The number of hydrogen-bond acceptors (Lipinski definition) is 6. The van der Waals surface area contributed by atoms with Gasteiger partial charge in [0.15, 0.2) is 5.92 Å². The van der Waals surface area contributed by atoms with Crippen LogP contribution in [0.5, 0.6) is 0 Å². The van der Waals surface area contributed by atoms with E-state index in [2.05, 4.69) is 0 Å². The molecule has 0 aliphatic carbocycles. The summed E-state index contributed by atoms with van der Waals surface area (Å²) >= 11 is 0. The van der Waals surface area contributed by atoms with E-state index in [9.17, 15) is 14.4 Å². The van der Waals surface area contributed by atoms with E-state index in [0.29, 0.717) is 0 Å². The van der Waals surface area contributed by atoms with Gasteiger partial charge in [-0.15, -0.1) is 0 Å². The summed E-state index contributed by atoms with van der Waals surface area (Å²) in [4.78, 5) is 35.0. The van der Waals surface area contributed by atoms with Crippen LogP contribution in [-0.4, -0.2) is 40.3 Å². The van der Waals surface area contributed by atoms with E-state index in [1.807, 2.05) is 0 Å². The standard InChI is InChI=1S/C14H25NO6/c1-13(2,3)20-11(18)8(7-9(15)10(16)17)12(19)21-14(4,5)6/h8-9H,7,15H2,1-6H3,(H,16,17)/t9-/m1/s1. The molecule has 0 fully saturated rings. The Hall–Kier alpha value is -1.63. The van der Waals surface area contributed by atoms with Crippen molar-refractivity contribution in [1.82, 2.24) is 0 Å². The number of rotatable bonds is 5. The van der Waals surface area contributed by atoms with E-state index in [0.717, 1.165) is 0 Å². The van der Waals surface area contributed by atoms with Gasteiger partial charge in [0.1, 0.15) is 17.2 Å². The molecule has 21 heavy (non-hydrogen) atoms. The van der Waals surface area contributed by atoms with Crippen LogP contribution in [0.25, 0.3) is 0 Å². The molecule has 0 bridgehead atoms. The van der Waals surface area contributed by atoms with Crippen molar-refractivity contribution in [3.8, 4) is 0 Å². The molecule has 0 saturated heterocycles. The summed E-state index contributed by atoms with van der Waals surface area (Å²) < 4.78 is 10.3. The second-order valence-corrected chi connectivity index (χ2v) is 6.80. The van der Waals surface area contributed by atoms with E-state index in [4.69, 9.17) is 20.3 Å². The van der Waals surface area contributed by atoms with Gasteiger partial charge in [0.25, 0.3) is 0 Å². The summed E-state index contributed by atoms with van der Waals surface area (Å²) in [7, 11) is 0. The highest BCUT2D eigenvalue weighted by Crippen LogP contribution is 2.19. The van der Waals surface area contributed by atoms with Crippen molar-refractivity contribution in [2.24, 2.45) is 11.7 Å². The van der Waals surface area contributed by atoms with Crippen molar-refractivity contribution >= 4 is 17.9 Å². The van der Waals surface area contributed by atoms with Crippen LogP contribution < -0.4 is 5.73 Å². The maximum atomic E-state index is 12.1. The van der Waals surface area contributed by atoms with Crippen molar-refractivity contribution < 1.29 is 29.0 Å². The average Bonchev–Trinajstić information content (AvgIpc) is 2.19. The van der Waals surface area contributed by atoms with Crippen LogP contribution in [0.4, 0.5) is 0 Å². The molecule has 0 spiro atoms. The maximum Gasteiger partial charge on any atom is 0.320 e. The highest BCUT2D eigenvalue weighted by molar-refractivity contribution is 5.96. The molecule has 122 valence electrons. The minimum absolute atomic E-state index is 0.376. The van der Waals surface area contributed by atoms with Crippen molar-refractivity contribution in [2.45, 2.75) is 65.2 Å². The highest BCUT2D eigenvalue weighted by Gasteiger charge is 2.37. The lowest BCUT2D eigenvalue weighted by Gasteiger charge is -2.26. The first kappa shape index (κ1) is 19.4. The molecule has 7 heteroatoms. The molecule has 0 aliphatic rings. The third-order valence-corrected chi connectivity index (χ3v) is 2.19. The third-order valence-electron chi connectivity index (χ3n) is 2.19. The molecule has 0 aromatic heterocycles. The van der Waals surface area contributed by atoms with Crippen LogP contribution in [-0.2, 0) is 23.9 Å². The van der Waals surface area contributed by atoms with E-state index in [1.54, 1.807) is 41.5 Å². The van der Waals surface area contributed by atoms with Crippen LogP contribution in [0, 0.1) is 5.92 Å². The summed E-state index contributed by atoms with van der Waals surface area (Å²) in [5.74, 6) is -4.34. The Bertz CT molecular complexity index is 377. The summed E-state index contributed by atoms with van der Waals surface area (Å²) in [5.41, 5.74) is 3.80. The van der Waals surface area contributed by atoms with Gasteiger partial charge in [-0.1, -0.05) is 0 Å². The Labute approximate surface area is 124 Å². The lowest BCUT2D eigenvalue weighted by atomic mass is 9.99. The molecule has 0 amide bonds. The van der Waals surface area contributed by atoms with E-state index < -0.39 is 41.1 Å². The van der Waals surface area contributed by atoms with Crippen LogP contribution in [0.1, 0.15) is 48.0 Å². The monoisotopic (exact) mass is 303 g/mol. The Balaban J connectivity index is 5.13. The first-order valence-corrected chi connectivity index (χ1v) is 6.67. The second kappa shape index (κ2) is 6.89. The average molecular weight is 303 g/mol. The predicted molar refractivity (Wildman–Crippen MR) is 75.4 cm³/mol. The first-order chi connectivity index (χ1) is 9.23. The number of ether oxygens (including phenoxy) is 2. The molecule has 1 atom stereocenters. The summed E-state index contributed by atoms with van der Waals surface area (Å²) in [5, 5.41) is 8.83. The molecule has 0 rings (SSSR count). The number of esters is 2. The number of carbonyl (C=O) groups is 3. The zero-order chi connectivity index (χ0) is 17.0. The summed E-state index contributed by atoms with van der Waals surface area (Å²) in [6.45, 7) is 9.88. The Morgan fingerprint density at radius 3 is 1.52 bits per heavy atom. The Morgan fingerprint density at radius 2 is 1.29 bits per heavy atom. The van der Waals surface area contributed by atoms with E-state index >= 15 is 0 Å². The minimum atomic E-state index is -1.37. The van der Waals surface area contributed by atoms with Gasteiger partial charge in [0.2, 0.25) is 0 Å². The van der Waals surface area contributed by atoms with Crippen molar-refractivity contribution in [2.75, 3.05) is 0 Å². The van der Waals surface area contributed by atoms with E-state index in [-0.39, 0.29) is 6.42 Å². The molecule has 3 N–H and O–H groups in total. The van der Waals surface area contributed by atoms with Gasteiger partial charge in [-0.25, -0.2) is 0 Å². The Kier molecular flexibility index (Phi) is 6.35. The molecule has 0 radical (unpaired) electrons. The van der Waals surface area contributed by atoms with Gasteiger partial charge in [-0.2, -0.15) is 0 Å². The molecule has 7 nitrogen and oxygen atoms in total. The maximum absolute atomic E-state index is 12.1. The van der Waals surface area contributed by atoms with Gasteiger partial charge >= 0.3 is 17.9 Å². The number of carboxylic acid groups (broad SMARTS) is 1. The number of carbonyl (C=O) groups excluding carboxylic acids is 2.